The minimum atomic E-state index is -0.654. The average Bonchev–Trinajstić information content (AvgIpc) is 3.61. The van der Waals surface area contributed by atoms with Crippen LogP contribution < -0.4 is 10.2 Å². The lowest BCUT2D eigenvalue weighted by atomic mass is 9.81. The van der Waals surface area contributed by atoms with E-state index in [-0.39, 0.29) is 31.5 Å². The Kier molecular flexibility index (Phi) is 6.17. The number of nitrogens with one attached hydrogen (secondary N) is 1. The number of rotatable bonds is 4. The lowest BCUT2D eigenvalue weighted by molar-refractivity contribution is -0.118. The van der Waals surface area contributed by atoms with Crippen molar-refractivity contribution >= 4 is 34.4 Å². The molecule has 0 radical (unpaired) electrons. The topological polar surface area (TPSA) is 75.7 Å². The van der Waals surface area contributed by atoms with E-state index in [9.17, 15) is 9.59 Å². The zero-order valence-corrected chi connectivity index (χ0v) is 19.1. The first kappa shape index (κ1) is 22.9. The summed E-state index contributed by atoms with van der Waals surface area (Å²) >= 11 is 1.55. The van der Waals surface area contributed by atoms with Crippen molar-refractivity contribution < 1.29 is 18.4 Å². The van der Waals surface area contributed by atoms with Crippen LogP contribution in [0.1, 0.15) is 48.6 Å². The van der Waals surface area contributed by atoms with Gasteiger partial charge in [0.2, 0.25) is 5.91 Å². The van der Waals surface area contributed by atoms with E-state index in [2.05, 4.69) is 5.32 Å². The molecule has 1 N–H and O–H groups in total. The summed E-state index contributed by atoms with van der Waals surface area (Å²) in [6.07, 6.45) is 4.38. The molecule has 3 aromatic heterocycles. The molecule has 0 spiro atoms. The number of carbonyl (C=O) groups excluding carboxylic acids is 2. The minimum absolute atomic E-state index is 0. The maximum Gasteiger partial charge on any atom is 0.233 e. The first-order valence-electron chi connectivity index (χ1n) is 11.2. The van der Waals surface area contributed by atoms with Crippen molar-refractivity contribution in [1.82, 2.24) is 0 Å². The van der Waals surface area contributed by atoms with Crippen molar-refractivity contribution in [3.8, 4) is 0 Å². The van der Waals surface area contributed by atoms with Gasteiger partial charge in [0.1, 0.15) is 17.6 Å². The molecule has 2 unspecified atom stereocenters. The van der Waals surface area contributed by atoms with E-state index in [0.29, 0.717) is 24.2 Å². The van der Waals surface area contributed by atoms with Crippen LogP contribution in [0.4, 0.5) is 11.4 Å². The summed E-state index contributed by atoms with van der Waals surface area (Å²) in [4.78, 5) is 30.2. The standard InChI is InChI=1S/C27H22N2O4S.CH4/c30-22-15-17(23-9-3-11-32-23)14-20-26(22)27(24-10-4-12-33-24)29(21-8-2-1-7-19(21)28-20)25(31)16-18-6-5-13-34-18;/h1-13,17,27-28H,14-16H2;1H4. The van der Waals surface area contributed by atoms with Gasteiger partial charge >= 0.3 is 0 Å². The van der Waals surface area contributed by atoms with Gasteiger partial charge in [-0.2, -0.15) is 0 Å². The monoisotopic (exact) mass is 486 g/mol. The SMILES string of the molecule is C.O=C1CC(c2ccco2)CC2=C1C(c1ccco1)N(C(=O)Cc1cccs1)c1ccccc1N2. The number of benzene rings is 1. The van der Waals surface area contributed by atoms with Gasteiger partial charge < -0.3 is 14.2 Å². The van der Waals surface area contributed by atoms with Crippen molar-refractivity contribution in [2.45, 2.75) is 38.6 Å². The van der Waals surface area contributed by atoms with E-state index in [1.165, 1.54) is 0 Å². The number of hydrogen-bond donors (Lipinski definition) is 1. The Morgan fingerprint density at radius 3 is 2.46 bits per heavy atom. The molecule has 4 heterocycles. The minimum Gasteiger partial charge on any atom is -0.469 e. The molecule has 7 heteroatoms. The van der Waals surface area contributed by atoms with E-state index in [1.54, 1.807) is 34.8 Å². The van der Waals surface area contributed by atoms with Gasteiger partial charge in [0.25, 0.3) is 0 Å². The molecule has 1 amide bonds. The van der Waals surface area contributed by atoms with Crippen LogP contribution in [-0.4, -0.2) is 11.7 Å². The molecule has 0 bridgehead atoms. The molecule has 1 aliphatic heterocycles. The van der Waals surface area contributed by atoms with Gasteiger partial charge in [0, 0.05) is 28.5 Å². The maximum atomic E-state index is 13.8. The smallest absolute Gasteiger partial charge is 0.233 e. The molecule has 4 aromatic rings. The van der Waals surface area contributed by atoms with Gasteiger partial charge in [-0.25, -0.2) is 0 Å². The van der Waals surface area contributed by atoms with Crippen molar-refractivity contribution in [3.05, 3.63) is 106 Å². The number of fused-ring (bicyclic) bond motifs is 1. The lowest BCUT2D eigenvalue weighted by Crippen LogP contribution is -2.39. The first-order valence-corrected chi connectivity index (χ1v) is 12.1. The largest absolute Gasteiger partial charge is 0.469 e. The van der Waals surface area contributed by atoms with Crippen LogP contribution >= 0.6 is 11.3 Å². The van der Waals surface area contributed by atoms with Gasteiger partial charge in [-0.1, -0.05) is 25.6 Å². The molecular formula is C28H26N2O4S. The number of furan rings is 2. The molecular weight excluding hydrogens is 460 g/mol. The number of nitrogens with zero attached hydrogens (tertiary/aromatic N) is 1. The fourth-order valence-corrected chi connectivity index (χ4v) is 5.65. The van der Waals surface area contributed by atoms with E-state index in [4.69, 9.17) is 8.83 Å². The summed E-state index contributed by atoms with van der Waals surface area (Å²) in [5.74, 6) is 1.19. The van der Waals surface area contributed by atoms with Gasteiger partial charge in [-0.3, -0.25) is 14.5 Å². The maximum absolute atomic E-state index is 13.8. The highest BCUT2D eigenvalue weighted by molar-refractivity contribution is 7.10. The van der Waals surface area contributed by atoms with Crippen LogP contribution in [0.5, 0.6) is 0 Å². The van der Waals surface area contributed by atoms with Gasteiger partial charge in [-0.15, -0.1) is 11.3 Å². The molecule has 0 fully saturated rings. The third-order valence-electron chi connectivity index (χ3n) is 6.42. The van der Waals surface area contributed by atoms with E-state index >= 15 is 0 Å². The third-order valence-corrected chi connectivity index (χ3v) is 7.30. The molecule has 2 aliphatic rings. The Bertz CT molecular complexity index is 1350. The number of anilines is 2. The van der Waals surface area contributed by atoms with Crippen LogP contribution in [-0.2, 0) is 16.0 Å². The Morgan fingerprint density at radius 1 is 0.971 bits per heavy atom. The number of thiophene rings is 1. The van der Waals surface area contributed by atoms with Crippen molar-refractivity contribution in [1.29, 1.82) is 0 Å². The van der Waals surface area contributed by atoms with Gasteiger partial charge in [0.05, 0.1) is 30.3 Å². The Hall–Kier alpha value is -3.84. The summed E-state index contributed by atoms with van der Waals surface area (Å²) in [6.45, 7) is 0. The Labute approximate surface area is 207 Å². The van der Waals surface area contributed by atoms with Gasteiger partial charge in [-0.05, 0) is 54.3 Å². The quantitative estimate of drug-likeness (QED) is 0.347. The van der Waals surface area contributed by atoms with E-state index in [1.807, 2.05) is 60.0 Å². The summed E-state index contributed by atoms with van der Waals surface area (Å²) in [7, 11) is 0. The van der Waals surface area contributed by atoms with Crippen molar-refractivity contribution in [3.63, 3.8) is 0 Å². The molecule has 1 aliphatic carbocycles. The summed E-state index contributed by atoms with van der Waals surface area (Å²) in [5, 5.41) is 5.47. The Balaban J connectivity index is 0.00000253. The van der Waals surface area contributed by atoms with Crippen LogP contribution in [0, 0.1) is 0 Å². The summed E-state index contributed by atoms with van der Waals surface area (Å²) in [6, 6.07) is 18.3. The molecule has 6 nitrogen and oxygen atoms in total. The van der Waals surface area contributed by atoms with Crippen LogP contribution in [0.15, 0.2) is 98.7 Å². The second-order valence-corrected chi connectivity index (χ2v) is 9.55. The van der Waals surface area contributed by atoms with Crippen molar-refractivity contribution in [2.75, 3.05) is 10.2 Å². The molecule has 2 atom stereocenters. The average molecular weight is 487 g/mol. The lowest BCUT2D eigenvalue weighted by Gasteiger charge is -2.33. The van der Waals surface area contributed by atoms with Crippen LogP contribution in [0.25, 0.3) is 0 Å². The molecule has 178 valence electrons. The number of para-hydroxylation sites is 2. The summed E-state index contributed by atoms with van der Waals surface area (Å²) in [5.41, 5.74) is 2.89. The van der Waals surface area contributed by atoms with Crippen LogP contribution in [0.2, 0.25) is 0 Å². The number of Topliss-reactive ketones (excluding diaryl/α,β-unsaturated/α-hetero) is 1. The predicted octanol–water partition coefficient (Wildman–Crippen LogP) is 6.71. The fourth-order valence-electron chi connectivity index (χ4n) is 4.95. The number of allylic oxidation sites excluding steroid dienone is 1. The normalized spacial score (nSPS) is 19.3. The molecule has 6 rings (SSSR count). The Morgan fingerprint density at radius 2 is 1.74 bits per heavy atom. The second kappa shape index (κ2) is 9.43. The molecule has 35 heavy (non-hydrogen) atoms. The molecule has 1 aromatic carbocycles. The highest BCUT2D eigenvalue weighted by Gasteiger charge is 2.43. The third kappa shape index (κ3) is 4.12. The highest BCUT2D eigenvalue weighted by atomic mass is 32.1. The van der Waals surface area contributed by atoms with Crippen LogP contribution in [0.3, 0.4) is 0 Å². The van der Waals surface area contributed by atoms with E-state index in [0.717, 1.165) is 27.7 Å². The van der Waals surface area contributed by atoms with Crippen molar-refractivity contribution in [2.24, 2.45) is 0 Å². The predicted molar refractivity (Wildman–Crippen MR) is 136 cm³/mol. The first-order chi connectivity index (χ1) is 16.7. The molecule has 0 saturated carbocycles. The number of carbonyl (C=O) groups is 2. The zero-order chi connectivity index (χ0) is 23.1. The second-order valence-electron chi connectivity index (χ2n) is 8.52. The zero-order valence-electron chi connectivity index (χ0n) is 18.3. The number of ketones is 1. The highest BCUT2D eigenvalue weighted by Crippen LogP contribution is 2.47. The summed E-state index contributed by atoms with van der Waals surface area (Å²) < 4.78 is 11.5. The fraction of sp³-hybridized carbons (Fsp3) is 0.214. The number of hydrogen-bond acceptors (Lipinski definition) is 6. The van der Waals surface area contributed by atoms with E-state index < -0.39 is 6.04 Å². The molecule has 0 saturated heterocycles. The number of amides is 1. The van der Waals surface area contributed by atoms with Gasteiger partial charge in [0.15, 0.2) is 5.78 Å².